The van der Waals surface area contributed by atoms with Gasteiger partial charge in [0.1, 0.15) is 19.3 Å². The van der Waals surface area contributed by atoms with E-state index in [4.69, 9.17) is 37.0 Å². The Morgan fingerprint density at radius 2 is 0.486 bits per heavy atom. The van der Waals surface area contributed by atoms with Gasteiger partial charge in [-0.15, -0.1) is 0 Å². The van der Waals surface area contributed by atoms with Gasteiger partial charge in [0.15, 0.2) is 12.2 Å². The van der Waals surface area contributed by atoms with E-state index in [2.05, 4.69) is 48.5 Å². The molecule has 0 aromatic rings. The third kappa shape index (κ3) is 77.2. The lowest BCUT2D eigenvalue weighted by Crippen LogP contribution is -2.30. The summed E-state index contributed by atoms with van der Waals surface area (Å²) in [6, 6.07) is 0. The zero-order valence-corrected chi connectivity index (χ0v) is 71.0. The second-order valence-corrected chi connectivity index (χ2v) is 34.8. The summed E-state index contributed by atoms with van der Waals surface area (Å²) in [5.74, 6) is 0.287. The van der Waals surface area contributed by atoms with Crippen LogP contribution in [0.5, 0.6) is 0 Å². The Morgan fingerprint density at radius 3 is 0.724 bits per heavy atom. The molecule has 0 saturated carbocycles. The Balaban J connectivity index is 5.25. The summed E-state index contributed by atoms with van der Waals surface area (Å²) in [7, 11) is -9.93. The molecule has 0 aliphatic heterocycles. The van der Waals surface area contributed by atoms with E-state index in [0.29, 0.717) is 25.7 Å². The summed E-state index contributed by atoms with van der Waals surface area (Å²) < 4.78 is 68.9. The molecular weight excluding hydrogens is 1370 g/mol. The van der Waals surface area contributed by atoms with Crippen LogP contribution in [0.1, 0.15) is 453 Å². The third-order valence-electron chi connectivity index (χ3n) is 20.9. The maximum atomic E-state index is 13.2. The van der Waals surface area contributed by atoms with Crippen LogP contribution in [0.4, 0.5) is 0 Å². The number of aliphatic hydroxyl groups excluding tert-OH is 1. The number of hydrogen-bond acceptors (Lipinski definition) is 15. The number of carbonyl (C=O) groups is 4. The molecule has 0 heterocycles. The molecule has 0 rings (SSSR count). The predicted molar refractivity (Wildman–Crippen MR) is 432 cm³/mol. The van der Waals surface area contributed by atoms with Crippen molar-refractivity contribution >= 4 is 39.5 Å². The van der Waals surface area contributed by atoms with Crippen LogP contribution in [-0.2, 0) is 65.4 Å². The molecule has 0 aliphatic carbocycles. The zero-order valence-electron chi connectivity index (χ0n) is 69.2. The van der Waals surface area contributed by atoms with Crippen molar-refractivity contribution < 1.29 is 80.2 Å². The molecule has 3 N–H and O–H groups in total. The summed E-state index contributed by atoms with van der Waals surface area (Å²) in [6.45, 7) is 12.0. The van der Waals surface area contributed by atoms with E-state index < -0.39 is 97.5 Å². The molecule has 17 nitrogen and oxygen atoms in total. The number of hydrogen-bond donors (Lipinski definition) is 3. The molecule has 0 aromatic carbocycles. The Kier molecular flexibility index (Phi) is 74.7. The summed E-state index contributed by atoms with van der Waals surface area (Å²) in [4.78, 5) is 73.2. The first-order valence-electron chi connectivity index (χ1n) is 44.4. The summed E-state index contributed by atoms with van der Waals surface area (Å²) in [5.41, 5.74) is 0. The maximum Gasteiger partial charge on any atom is 0.472 e. The fraction of sp³-hybridized carbons (Fsp3) is 0.953. The van der Waals surface area contributed by atoms with Gasteiger partial charge in [-0.2, -0.15) is 0 Å². The molecule has 0 spiro atoms. The zero-order chi connectivity index (χ0) is 77.2. The monoisotopic (exact) mass is 1540 g/mol. The van der Waals surface area contributed by atoms with Crippen molar-refractivity contribution in [3.63, 3.8) is 0 Å². The van der Waals surface area contributed by atoms with Gasteiger partial charge in [-0.1, -0.05) is 402 Å². The average Bonchev–Trinajstić information content (AvgIpc) is 0.904. The standard InChI is InChI=1S/C86H168O17P2/c1-8-11-12-13-14-15-16-17-18-19-20-21-22-23-24-29-34-39-48-55-62-69-85(90)102-81(73-96-83(88)67-60-53-46-38-33-28-26-25-27-32-37-44-51-58-65-78(6)9-2)75-100-104(92,93)98-71-80(87)72-99-105(94,95)101-76-82(74-97-84(89)68-61-54-47-42-41-45-52-59-66-79(7)10-3)103-86(91)70-63-56-49-40-35-30-31-36-43-50-57-64-77(4)5/h77-82,87H,8-76H2,1-7H3,(H,92,93)(H,94,95)/t78?,79?,80-,81-,82-/m1/s1. The van der Waals surface area contributed by atoms with Gasteiger partial charge in [-0.3, -0.25) is 37.3 Å². The lowest BCUT2D eigenvalue weighted by Gasteiger charge is -2.21. The minimum atomic E-state index is -4.97. The molecule has 0 aliphatic rings. The van der Waals surface area contributed by atoms with Crippen LogP contribution >= 0.6 is 15.6 Å². The highest BCUT2D eigenvalue weighted by Gasteiger charge is 2.30. The maximum absolute atomic E-state index is 13.2. The number of rotatable bonds is 84. The van der Waals surface area contributed by atoms with Gasteiger partial charge in [0, 0.05) is 25.7 Å². The van der Waals surface area contributed by atoms with Crippen LogP contribution in [0.25, 0.3) is 0 Å². The largest absolute Gasteiger partial charge is 0.472 e. The number of esters is 4. The van der Waals surface area contributed by atoms with Gasteiger partial charge in [-0.05, 0) is 43.4 Å². The predicted octanol–water partition coefficient (Wildman–Crippen LogP) is 26.1. The first-order chi connectivity index (χ1) is 50.8. The number of unbranched alkanes of at least 4 members (excludes halogenated alkanes) is 50. The van der Waals surface area contributed by atoms with E-state index in [1.54, 1.807) is 0 Å². The normalized spacial score (nSPS) is 14.4. The van der Waals surface area contributed by atoms with Crippen molar-refractivity contribution in [2.45, 2.75) is 471 Å². The van der Waals surface area contributed by atoms with E-state index in [0.717, 1.165) is 108 Å². The smallest absolute Gasteiger partial charge is 0.462 e. The second-order valence-electron chi connectivity index (χ2n) is 31.9. The Hall–Kier alpha value is -1.94. The molecule has 4 unspecified atom stereocenters. The highest BCUT2D eigenvalue weighted by atomic mass is 31.2. The fourth-order valence-electron chi connectivity index (χ4n) is 13.3. The van der Waals surface area contributed by atoms with E-state index >= 15 is 0 Å². The SMILES string of the molecule is CCCCCCCCCCCCCCCCCCCCCCCC(=O)O[C@H](COC(=O)CCCCCCCCCCCCCCCCC(C)CC)COP(=O)(O)OC[C@@H](O)COP(=O)(O)OC[C@@H](COC(=O)CCCCCCCCCCC(C)CC)OC(=O)CCCCCCCCCCCCCC(C)C. The van der Waals surface area contributed by atoms with Crippen molar-refractivity contribution in [1.29, 1.82) is 0 Å². The number of aliphatic hydroxyl groups is 1. The van der Waals surface area contributed by atoms with Crippen molar-refractivity contribution in [2.24, 2.45) is 17.8 Å². The summed E-state index contributed by atoms with van der Waals surface area (Å²) in [6.07, 6.45) is 66.6. The topological polar surface area (TPSA) is 237 Å². The molecule has 0 amide bonds. The number of carbonyl (C=O) groups excluding carboxylic acids is 4. The van der Waals surface area contributed by atoms with E-state index in [9.17, 15) is 43.2 Å². The lowest BCUT2D eigenvalue weighted by molar-refractivity contribution is -0.161. The highest BCUT2D eigenvalue weighted by Crippen LogP contribution is 2.45. The van der Waals surface area contributed by atoms with Crippen molar-refractivity contribution in [2.75, 3.05) is 39.6 Å². The van der Waals surface area contributed by atoms with Crippen LogP contribution in [0, 0.1) is 17.8 Å². The molecule has 19 heteroatoms. The molecule has 105 heavy (non-hydrogen) atoms. The molecule has 0 bridgehead atoms. The van der Waals surface area contributed by atoms with E-state index in [1.165, 1.54) is 263 Å². The first kappa shape index (κ1) is 103. The minimum Gasteiger partial charge on any atom is -0.462 e. The number of phosphoric ester groups is 2. The fourth-order valence-corrected chi connectivity index (χ4v) is 14.9. The summed E-state index contributed by atoms with van der Waals surface area (Å²) in [5, 5.41) is 10.7. The van der Waals surface area contributed by atoms with Gasteiger partial charge in [0.2, 0.25) is 0 Å². The van der Waals surface area contributed by atoms with Gasteiger partial charge >= 0.3 is 39.5 Å². The molecule has 7 atom stereocenters. The number of ether oxygens (including phenoxy) is 4. The Labute approximate surface area is 645 Å². The van der Waals surface area contributed by atoms with Gasteiger partial charge in [-0.25, -0.2) is 9.13 Å². The summed E-state index contributed by atoms with van der Waals surface area (Å²) >= 11 is 0. The molecule has 0 fully saturated rings. The number of phosphoric acid groups is 2. The quantitative estimate of drug-likeness (QED) is 0.0222. The van der Waals surface area contributed by atoms with Crippen LogP contribution in [0.15, 0.2) is 0 Å². The van der Waals surface area contributed by atoms with Gasteiger partial charge in [0.05, 0.1) is 26.4 Å². The molecule has 0 aromatic heterocycles. The van der Waals surface area contributed by atoms with Crippen LogP contribution < -0.4 is 0 Å². The first-order valence-corrected chi connectivity index (χ1v) is 47.4. The van der Waals surface area contributed by atoms with E-state index in [1.807, 2.05) is 0 Å². The average molecular weight is 1540 g/mol. The van der Waals surface area contributed by atoms with Crippen molar-refractivity contribution in [3.05, 3.63) is 0 Å². The van der Waals surface area contributed by atoms with Gasteiger partial charge in [0.25, 0.3) is 0 Å². The molecule has 0 radical (unpaired) electrons. The van der Waals surface area contributed by atoms with Crippen LogP contribution in [-0.4, -0.2) is 96.7 Å². The van der Waals surface area contributed by atoms with Crippen LogP contribution in [0.2, 0.25) is 0 Å². The van der Waals surface area contributed by atoms with E-state index in [-0.39, 0.29) is 25.7 Å². The van der Waals surface area contributed by atoms with Crippen LogP contribution in [0.3, 0.4) is 0 Å². The Morgan fingerprint density at radius 1 is 0.276 bits per heavy atom. The minimum absolute atomic E-state index is 0.106. The lowest BCUT2D eigenvalue weighted by atomic mass is 9.99. The van der Waals surface area contributed by atoms with Crippen molar-refractivity contribution in [1.82, 2.24) is 0 Å². The molecule has 0 saturated heterocycles. The molecular formula is C86H168O17P2. The Bertz CT molecular complexity index is 2030. The highest BCUT2D eigenvalue weighted by molar-refractivity contribution is 7.47. The van der Waals surface area contributed by atoms with Gasteiger partial charge < -0.3 is 33.8 Å². The van der Waals surface area contributed by atoms with Crippen molar-refractivity contribution in [3.8, 4) is 0 Å². The third-order valence-corrected chi connectivity index (χ3v) is 22.8. The molecule has 624 valence electrons. The second kappa shape index (κ2) is 76.1.